The van der Waals surface area contributed by atoms with Crippen LogP contribution >= 0.6 is 12.2 Å². The largest absolute Gasteiger partial charge is 0.403 e. The monoisotopic (exact) mass is 239 g/mol. The van der Waals surface area contributed by atoms with Crippen LogP contribution < -0.4 is 17.0 Å². The summed E-state index contributed by atoms with van der Waals surface area (Å²) in [6, 6.07) is 1.28. The summed E-state index contributed by atoms with van der Waals surface area (Å²) in [5.41, 5.74) is -0.370. The Hall–Kier alpha value is -1.89. The van der Waals surface area contributed by atoms with E-state index in [9.17, 15) is 9.59 Å². The number of aromatic nitrogens is 2. The van der Waals surface area contributed by atoms with Crippen LogP contribution in [-0.4, -0.2) is 9.66 Å². The maximum Gasteiger partial charge on any atom is 0.337 e. The predicted molar refractivity (Wildman–Crippen MR) is 61.5 cm³/mol. The van der Waals surface area contributed by atoms with E-state index in [1.165, 1.54) is 6.07 Å². The quantitative estimate of drug-likeness (QED) is 0.551. The normalized spacial score (nSPS) is 10.8. The van der Waals surface area contributed by atoms with Crippen molar-refractivity contribution in [1.29, 1.82) is 0 Å². The molecular formula is C9H9N3O3S. The Kier molecular flexibility index (Phi) is 2.39. The number of nitrogens with zero attached hydrogens (tertiary/aromatic N) is 1. The van der Waals surface area contributed by atoms with E-state index in [1.807, 2.05) is 6.92 Å². The number of nitrogens with two attached hydrogens (primary N) is 1. The Morgan fingerprint density at radius 2 is 2.25 bits per heavy atom. The topological polar surface area (TPSA) is 94.0 Å². The molecular weight excluding hydrogens is 230 g/mol. The lowest BCUT2D eigenvalue weighted by Crippen LogP contribution is -2.22. The zero-order valence-corrected chi connectivity index (χ0v) is 9.26. The third-order valence-electron chi connectivity index (χ3n) is 2.29. The van der Waals surface area contributed by atoms with Gasteiger partial charge in [-0.15, -0.1) is 0 Å². The highest BCUT2D eigenvalue weighted by molar-refractivity contribution is 7.71. The molecule has 2 aromatic heterocycles. The smallest absolute Gasteiger partial charge is 0.337 e. The first-order valence-electron chi connectivity index (χ1n) is 4.61. The minimum Gasteiger partial charge on any atom is -0.403 e. The predicted octanol–water partition coefficient (Wildman–Crippen LogP) is 0.288. The number of nitrogen functional groups attached to an aromatic ring is 1. The Bertz CT molecular complexity index is 725. The molecule has 7 heteroatoms. The maximum atomic E-state index is 11.7. The third-order valence-corrected chi connectivity index (χ3v) is 2.59. The van der Waals surface area contributed by atoms with Crippen LogP contribution in [0.3, 0.4) is 0 Å². The van der Waals surface area contributed by atoms with Gasteiger partial charge in [0.25, 0.3) is 5.56 Å². The van der Waals surface area contributed by atoms with Crippen LogP contribution in [0, 0.1) is 4.77 Å². The molecule has 0 atom stereocenters. The van der Waals surface area contributed by atoms with Crippen molar-refractivity contribution in [3.8, 4) is 0 Å². The maximum absolute atomic E-state index is 11.7. The number of fused-ring (bicyclic) bond motifs is 1. The van der Waals surface area contributed by atoms with Gasteiger partial charge in [0.1, 0.15) is 5.39 Å². The highest BCUT2D eigenvalue weighted by Gasteiger charge is 2.11. The van der Waals surface area contributed by atoms with Gasteiger partial charge in [0.05, 0.1) is 0 Å². The molecule has 0 bridgehead atoms. The molecule has 6 nitrogen and oxygen atoms in total. The molecule has 0 saturated carbocycles. The van der Waals surface area contributed by atoms with Crippen molar-refractivity contribution >= 4 is 23.3 Å². The second kappa shape index (κ2) is 3.60. The first-order valence-corrected chi connectivity index (χ1v) is 5.02. The molecule has 0 amide bonds. The van der Waals surface area contributed by atoms with Gasteiger partial charge in [-0.3, -0.25) is 9.78 Å². The molecule has 0 spiro atoms. The lowest BCUT2D eigenvalue weighted by molar-refractivity contribution is 0.531. The highest BCUT2D eigenvalue weighted by Crippen LogP contribution is 2.11. The standard InChI is InChI=1S/C9H9N3O3S/c1-2-4-3-5(13)15-8-6(4)7(14)11-9(16)12(8)10/h3H,2,10H2,1H3,(H,11,14,16). The van der Waals surface area contributed by atoms with Gasteiger partial charge in [0, 0.05) is 6.07 Å². The Balaban J connectivity index is 3.17. The first kappa shape index (κ1) is 10.6. The summed E-state index contributed by atoms with van der Waals surface area (Å²) in [6.07, 6.45) is 0.530. The van der Waals surface area contributed by atoms with Crippen molar-refractivity contribution in [2.75, 3.05) is 5.84 Å². The summed E-state index contributed by atoms with van der Waals surface area (Å²) in [6.45, 7) is 1.83. The fraction of sp³-hybridized carbons (Fsp3) is 0.222. The Morgan fingerprint density at radius 3 is 2.88 bits per heavy atom. The Morgan fingerprint density at radius 1 is 1.56 bits per heavy atom. The average Bonchev–Trinajstić information content (AvgIpc) is 2.24. The van der Waals surface area contributed by atoms with Crippen LogP contribution in [0.4, 0.5) is 0 Å². The molecule has 16 heavy (non-hydrogen) atoms. The fourth-order valence-electron chi connectivity index (χ4n) is 1.53. The van der Waals surface area contributed by atoms with Crippen molar-refractivity contribution in [2.24, 2.45) is 0 Å². The van der Waals surface area contributed by atoms with Gasteiger partial charge in [-0.25, -0.2) is 9.47 Å². The number of H-pyrrole nitrogens is 1. The van der Waals surface area contributed by atoms with E-state index < -0.39 is 11.2 Å². The first-order chi connectivity index (χ1) is 7.54. The number of hydrogen-bond donors (Lipinski definition) is 2. The number of nitrogens with one attached hydrogen (secondary N) is 1. The van der Waals surface area contributed by atoms with Crippen molar-refractivity contribution in [3.63, 3.8) is 0 Å². The summed E-state index contributed by atoms with van der Waals surface area (Å²) in [4.78, 5) is 25.4. The van der Waals surface area contributed by atoms with E-state index in [4.69, 9.17) is 22.5 Å². The second-order valence-corrected chi connectivity index (χ2v) is 3.64. The molecule has 0 unspecified atom stereocenters. The van der Waals surface area contributed by atoms with Crippen LogP contribution in [-0.2, 0) is 6.42 Å². The SMILES string of the molecule is CCc1cc(=O)oc2c1c(=O)[nH]c(=S)n2N. The molecule has 0 aromatic carbocycles. The molecule has 0 radical (unpaired) electrons. The van der Waals surface area contributed by atoms with E-state index in [0.717, 1.165) is 4.68 Å². The molecule has 3 N–H and O–H groups in total. The van der Waals surface area contributed by atoms with Crippen LogP contribution in [0.2, 0.25) is 0 Å². The zero-order chi connectivity index (χ0) is 11.9. The second-order valence-electron chi connectivity index (χ2n) is 3.25. The van der Waals surface area contributed by atoms with E-state index in [-0.39, 0.29) is 15.9 Å². The van der Waals surface area contributed by atoms with Crippen LogP contribution in [0.25, 0.3) is 11.1 Å². The minimum absolute atomic E-state index is 0.00176. The van der Waals surface area contributed by atoms with Gasteiger partial charge in [-0.1, -0.05) is 6.92 Å². The van der Waals surface area contributed by atoms with Gasteiger partial charge >= 0.3 is 5.63 Å². The minimum atomic E-state index is -0.552. The van der Waals surface area contributed by atoms with E-state index in [0.29, 0.717) is 12.0 Å². The highest BCUT2D eigenvalue weighted by atomic mass is 32.1. The average molecular weight is 239 g/mol. The molecule has 2 aromatic rings. The lowest BCUT2D eigenvalue weighted by Gasteiger charge is -2.05. The number of hydrogen-bond acceptors (Lipinski definition) is 5. The molecule has 0 fully saturated rings. The van der Waals surface area contributed by atoms with Crippen LogP contribution in [0.15, 0.2) is 20.1 Å². The number of rotatable bonds is 1. The lowest BCUT2D eigenvalue weighted by atomic mass is 10.1. The van der Waals surface area contributed by atoms with E-state index in [2.05, 4.69) is 4.98 Å². The fourth-order valence-corrected chi connectivity index (χ4v) is 1.71. The Labute approximate surface area is 94.3 Å². The zero-order valence-electron chi connectivity index (χ0n) is 8.44. The van der Waals surface area contributed by atoms with Crippen molar-refractivity contribution in [1.82, 2.24) is 9.66 Å². The number of aromatic amines is 1. The summed E-state index contributed by atoms with van der Waals surface area (Å²) < 4.78 is 5.88. The van der Waals surface area contributed by atoms with Gasteiger partial charge in [-0.05, 0) is 24.2 Å². The van der Waals surface area contributed by atoms with Crippen LogP contribution in [0.1, 0.15) is 12.5 Å². The van der Waals surface area contributed by atoms with Gasteiger partial charge in [0.15, 0.2) is 0 Å². The summed E-state index contributed by atoms with van der Waals surface area (Å²) in [5, 5.41) is 0.262. The molecule has 2 rings (SSSR count). The van der Waals surface area contributed by atoms with Crippen molar-refractivity contribution in [3.05, 3.63) is 37.2 Å². The molecule has 84 valence electrons. The van der Waals surface area contributed by atoms with E-state index in [1.54, 1.807) is 0 Å². The van der Waals surface area contributed by atoms with Crippen molar-refractivity contribution < 1.29 is 4.42 Å². The number of aryl methyl sites for hydroxylation is 1. The molecule has 0 aliphatic carbocycles. The van der Waals surface area contributed by atoms with Gasteiger partial charge < -0.3 is 10.3 Å². The van der Waals surface area contributed by atoms with Crippen molar-refractivity contribution in [2.45, 2.75) is 13.3 Å². The molecule has 0 aliphatic rings. The summed E-state index contributed by atoms with van der Waals surface area (Å²) >= 11 is 4.81. The molecule has 0 saturated heterocycles. The molecule has 2 heterocycles. The molecule has 0 aliphatic heterocycles. The van der Waals surface area contributed by atoms with Gasteiger partial charge in [-0.2, -0.15) is 0 Å². The third kappa shape index (κ3) is 1.45. The van der Waals surface area contributed by atoms with Crippen LogP contribution in [0.5, 0.6) is 0 Å². The van der Waals surface area contributed by atoms with E-state index >= 15 is 0 Å². The summed E-state index contributed by atoms with van der Waals surface area (Å²) in [7, 11) is 0. The van der Waals surface area contributed by atoms with Gasteiger partial charge in [0.2, 0.25) is 10.5 Å². The summed E-state index contributed by atoms with van der Waals surface area (Å²) in [5.74, 6) is 5.59.